The van der Waals surface area contributed by atoms with Gasteiger partial charge in [0.05, 0.1) is 23.6 Å². The number of rotatable bonds is 6. The second-order valence-electron chi connectivity index (χ2n) is 5.22. The van der Waals surface area contributed by atoms with Crippen LogP contribution in [0.5, 0.6) is 0 Å². The number of nitrogens with one attached hydrogen (secondary N) is 1. The van der Waals surface area contributed by atoms with E-state index in [1.54, 1.807) is 0 Å². The summed E-state index contributed by atoms with van der Waals surface area (Å²) in [5, 5.41) is 11.6. The SMILES string of the molecule is CNC(CCC(C)C)c1cnnn1-c1ccccc1. The van der Waals surface area contributed by atoms with Gasteiger partial charge in [-0.05, 0) is 37.9 Å². The van der Waals surface area contributed by atoms with E-state index >= 15 is 0 Å². The van der Waals surface area contributed by atoms with Gasteiger partial charge in [-0.2, -0.15) is 0 Å². The average molecular weight is 258 g/mol. The lowest BCUT2D eigenvalue weighted by molar-refractivity contribution is 0.450. The van der Waals surface area contributed by atoms with E-state index in [0.29, 0.717) is 5.92 Å². The van der Waals surface area contributed by atoms with Crippen LogP contribution in [-0.2, 0) is 0 Å². The van der Waals surface area contributed by atoms with E-state index in [-0.39, 0.29) is 6.04 Å². The first kappa shape index (κ1) is 13.7. The second-order valence-corrected chi connectivity index (χ2v) is 5.22. The van der Waals surface area contributed by atoms with Gasteiger partial charge in [-0.25, -0.2) is 4.68 Å². The zero-order valence-corrected chi connectivity index (χ0v) is 11.9. The topological polar surface area (TPSA) is 42.7 Å². The molecule has 0 spiro atoms. The zero-order valence-electron chi connectivity index (χ0n) is 11.9. The summed E-state index contributed by atoms with van der Waals surface area (Å²) in [5.41, 5.74) is 2.18. The van der Waals surface area contributed by atoms with Gasteiger partial charge in [0.1, 0.15) is 0 Å². The molecule has 4 nitrogen and oxygen atoms in total. The van der Waals surface area contributed by atoms with E-state index in [1.165, 1.54) is 6.42 Å². The third kappa shape index (κ3) is 3.41. The van der Waals surface area contributed by atoms with Crippen molar-refractivity contribution in [3.63, 3.8) is 0 Å². The molecule has 1 atom stereocenters. The molecule has 19 heavy (non-hydrogen) atoms. The van der Waals surface area contributed by atoms with E-state index in [2.05, 4.69) is 29.5 Å². The highest BCUT2D eigenvalue weighted by Gasteiger charge is 2.16. The van der Waals surface area contributed by atoms with E-state index in [9.17, 15) is 0 Å². The van der Waals surface area contributed by atoms with E-state index in [1.807, 2.05) is 48.3 Å². The summed E-state index contributed by atoms with van der Waals surface area (Å²) >= 11 is 0. The molecule has 0 aliphatic heterocycles. The smallest absolute Gasteiger partial charge is 0.0815 e. The summed E-state index contributed by atoms with van der Waals surface area (Å²) in [7, 11) is 1.99. The third-order valence-corrected chi connectivity index (χ3v) is 3.31. The Morgan fingerprint density at radius 1 is 1.16 bits per heavy atom. The largest absolute Gasteiger partial charge is 0.312 e. The molecule has 1 aromatic heterocycles. The van der Waals surface area contributed by atoms with Crippen molar-refractivity contribution in [2.24, 2.45) is 5.92 Å². The summed E-state index contributed by atoms with van der Waals surface area (Å²) < 4.78 is 1.92. The third-order valence-electron chi connectivity index (χ3n) is 3.31. The van der Waals surface area contributed by atoms with E-state index in [0.717, 1.165) is 17.8 Å². The molecule has 2 aromatic rings. The Kier molecular flexibility index (Phi) is 4.68. The predicted molar refractivity (Wildman–Crippen MR) is 77.2 cm³/mol. The lowest BCUT2D eigenvalue weighted by Gasteiger charge is -2.18. The highest BCUT2D eigenvalue weighted by Crippen LogP contribution is 2.22. The fraction of sp³-hybridized carbons (Fsp3) is 0.467. The van der Waals surface area contributed by atoms with Crippen LogP contribution in [0.15, 0.2) is 36.5 Å². The highest BCUT2D eigenvalue weighted by molar-refractivity contribution is 5.32. The van der Waals surface area contributed by atoms with Crippen molar-refractivity contribution in [3.05, 3.63) is 42.2 Å². The van der Waals surface area contributed by atoms with Crippen LogP contribution in [-0.4, -0.2) is 22.0 Å². The molecule has 0 saturated heterocycles. The second kappa shape index (κ2) is 6.48. The number of benzene rings is 1. The Hall–Kier alpha value is -1.68. The fourth-order valence-corrected chi connectivity index (χ4v) is 2.19. The van der Waals surface area contributed by atoms with E-state index in [4.69, 9.17) is 0 Å². The number of nitrogens with zero attached hydrogens (tertiary/aromatic N) is 3. The van der Waals surface area contributed by atoms with Gasteiger partial charge in [-0.15, -0.1) is 5.10 Å². The Morgan fingerprint density at radius 2 is 1.89 bits per heavy atom. The molecule has 4 heteroatoms. The van der Waals surface area contributed by atoms with Crippen molar-refractivity contribution in [3.8, 4) is 5.69 Å². The maximum absolute atomic E-state index is 4.21. The van der Waals surface area contributed by atoms with Crippen LogP contribution < -0.4 is 5.32 Å². The lowest BCUT2D eigenvalue weighted by atomic mass is 10.0. The van der Waals surface area contributed by atoms with Crippen LogP contribution in [0.25, 0.3) is 5.69 Å². The van der Waals surface area contributed by atoms with Crippen molar-refractivity contribution in [2.45, 2.75) is 32.7 Å². The number of aromatic nitrogens is 3. The van der Waals surface area contributed by atoms with Gasteiger partial charge in [-0.3, -0.25) is 0 Å². The molecule has 0 fully saturated rings. The maximum atomic E-state index is 4.21. The average Bonchev–Trinajstić information content (AvgIpc) is 2.89. The van der Waals surface area contributed by atoms with Crippen LogP contribution in [0, 0.1) is 5.92 Å². The Balaban J connectivity index is 2.22. The van der Waals surface area contributed by atoms with Crippen LogP contribution in [0.4, 0.5) is 0 Å². The molecule has 0 amide bonds. The van der Waals surface area contributed by atoms with Crippen LogP contribution in [0.1, 0.15) is 38.4 Å². The molecule has 1 unspecified atom stereocenters. The van der Waals surface area contributed by atoms with Gasteiger partial charge < -0.3 is 5.32 Å². The molecule has 1 N–H and O–H groups in total. The molecule has 0 bridgehead atoms. The maximum Gasteiger partial charge on any atom is 0.0815 e. The molecule has 0 aliphatic rings. The highest BCUT2D eigenvalue weighted by atomic mass is 15.4. The molecule has 0 radical (unpaired) electrons. The van der Waals surface area contributed by atoms with Crippen molar-refractivity contribution >= 4 is 0 Å². The minimum absolute atomic E-state index is 0.289. The van der Waals surface area contributed by atoms with Crippen molar-refractivity contribution in [1.29, 1.82) is 0 Å². The molecule has 0 aliphatic carbocycles. The van der Waals surface area contributed by atoms with Gasteiger partial charge in [0.2, 0.25) is 0 Å². The molecule has 0 saturated carbocycles. The first-order valence-electron chi connectivity index (χ1n) is 6.85. The molecule has 102 valence electrons. The summed E-state index contributed by atoms with van der Waals surface area (Å²) in [4.78, 5) is 0. The van der Waals surface area contributed by atoms with E-state index < -0.39 is 0 Å². The number of hydrogen-bond donors (Lipinski definition) is 1. The van der Waals surface area contributed by atoms with Crippen molar-refractivity contribution in [1.82, 2.24) is 20.3 Å². The molecule has 2 rings (SSSR count). The Morgan fingerprint density at radius 3 is 2.53 bits per heavy atom. The molecule has 1 aromatic carbocycles. The minimum Gasteiger partial charge on any atom is -0.312 e. The van der Waals surface area contributed by atoms with Crippen LogP contribution in [0.3, 0.4) is 0 Å². The first-order chi connectivity index (χ1) is 9.22. The predicted octanol–water partition coefficient (Wildman–Crippen LogP) is 2.96. The molecular formula is C15H22N4. The normalized spacial score (nSPS) is 12.8. The summed E-state index contributed by atoms with van der Waals surface area (Å²) in [6.07, 6.45) is 4.13. The first-order valence-corrected chi connectivity index (χ1v) is 6.85. The van der Waals surface area contributed by atoms with Crippen LogP contribution >= 0.6 is 0 Å². The number of hydrogen-bond acceptors (Lipinski definition) is 3. The summed E-state index contributed by atoms with van der Waals surface area (Å²) in [6, 6.07) is 10.4. The van der Waals surface area contributed by atoms with Gasteiger partial charge in [0, 0.05) is 0 Å². The van der Waals surface area contributed by atoms with Crippen molar-refractivity contribution in [2.75, 3.05) is 7.05 Å². The minimum atomic E-state index is 0.289. The quantitative estimate of drug-likeness (QED) is 0.866. The Labute approximate surface area is 114 Å². The van der Waals surface area contributed by atoms with Gasteiger partial charge in [0.15, 0.2) is 0 Å². The molecule has 1 heterocycles. The van der Waals surface area contributed by atoms with Gasteiger partial charge in [0.25, 0.3) is 0 Å². The van der Waals surface area contributed by atoms with Gasteiger partial charge in [-0.1, -0.05) is 37.3 Å². The fourth-order valence-electron chi connectivity index (χ4n) is 2.19. The standard InChI is InChI=1S/C15H22N4/c1-12(2)9-10-14(16-3)15-11-17-18-19(15)13-7-5-4-6-8-13/h4-8,11-12,14,16H,9-10H2,1-3H3. The lowest BCUT2D eigenvalue weighted by Crippen LogP contribution is -2.20. The summed E-state index contributed by atoms with van der Waals surface area (Å²) in [5.74, 6) is 0.705. The van der Waals surface area contributed by atoms with Gasteiger partial charge >= 0.3 is 0 Å². The molecular weight excluding hydrogens is 236 g/mol. The monoisotopic (exact) mass is 258 g/mol. The summed E-state index contributed by atoms with van der Waals surface area (Å²) in [6.45, 7) is 4.50. The Bertz CT molecular complexity index is 490. The van der Waals surface area contributed by atoms with Crippen LogP contribution in [0.2, 0.25) is 0 Å². The number of para-hydroxylation sites is 1. The van der Waals surface area contributed by atoms with Crippen molar-refractivity contribution < 1.29 is 0 Å². The zero-order chi connectivity index (χ0) is 13.7.